The molecule has 0 atom stereocenters. The van der Waals surface area contributed by atoms with Crippen molar-refractivity contribution < 1.29 is 40.6 Å². The van der Waals surface area contributed by atoms with Gasteiger partial charge in [0, 0.05) is 24.2 Å². The standard InChI is InChI=1S/C24H24N3O4.BrH/c1-26-19-10-11-27(15-20(28)16-8-6-5-7-9-16)14-18(19)25-24(26)17-12-21(29-2)23(31-4)22(13-17)30-3;/h5-14H,15H2,1-4H3;1H/q+1;/p-1. The summed E-state index contributed by atoms with van der Waals surface area (Å²) in [5, 5.41) is 0. The SMILES string of the molecule is COc1cc(-c2nc3c[n+](CC(=O)c4ccccc4)ccc3n2C)cc(OC)c1OC.[Br-]. The maximum absolute atomic E-state index is 12.6. The fourth-order valence-electron chi connectivity index (χ4n) is 3.64. The van der Waals surface area contributed by atoms with Gasteiger partial charge in [0.15, 0.2) is 29.4 Å². The number of pyridine rings is 1. The normalized spacial score (nSPS) is 10.5. The fourth-order valence-corrected chi connectivity index (χ4v) is 3.64. The van der Waals surface area contributed by atoms with Crippen molar-refractivity contribution in [2.75, 3.05) is 21.3 Å². The van der Waals surface area contributed by atoms with Crippen molar-refractivity contribution in [3.8, 4) is 28.6 Å². The fraction of sp³-hybridized carbons (Fsp3) is 0.208. The molecule has 8 heteroatoms. The highest BCUT2D eigenvalue weighted by atomic mass is 79.9. The molecule has 0 aliphatic carbocycles. The van der Waals surface area contributed by atoms with Gasteiger partial charge in [0.2, 0.25) is 18.1 Å². The molecule has 4 aromatic rings. The lowest BCUT2D eigenvalue weighted by Gasteiger charge is -2.14. The number of hydrogen-bond donors (Lipinski definition) is 0. The summed E-state index contributed by atoms with van der Waals surface area (Å²) >= 11 is 0. The van der Waals surface area contributed by atoms with Gasteiger partial charge in [-0.15, -0.1) is 0 Å². The Kier molecular flexibility index (Phi) is 7.15. The van der Waals surface area contributed by atoms with Crippen LogP contribution >= 0.6 is 0 Å². The zero-order valence-electron chi connectivity index (χ0n) is 18.3. The van der Waals surface area contributed by atoms with Crippen LogP contribution in [-0.2, 0) is 13.6 Å². The lowest BCUT2D eigenvalue weighted by atomic mass is 10.1. The number of carbonyl (C=O) groups excluding carboxylic acids is 1. The predicted octanol–water partition coefficient (Wildman–Crippen LogP) is 0.441. The van der Waals surface area contributed by atoms with Crippen molar-refractivity contribution in [1.29, 1.82) is 0 Å². The number of ketones is 1. The number of halogens is 1. The first kappa shape index (κ1) is 23.3. The van der Waals surface area contributed by atoms with Gasteiger partial charge in [-0.05, 0) is 12.1 Å². The average Bonchev–Trinajstić information content (AvgIpc) is 3.14. The van der Waals surface area contributed by atoms with E-state index in [-0.39, 0.29) is 29.3 Å². The Morgan fingerprint density at radius 2 is 1.66 bits per heavy atom. The largest absolute Gasteiger partial charge is 1.00 e. The minimum absolute atomic E-state index is 0. The summed E-state index contributed by atoms with van der Waals surface area (Å²) < 4.78 is 20.2. The van der Waals surface area contributed by atoms with Crippen LogP contribution in [0.5, 0.6) is 17.2 Å². The van der Waals surface area contributed by atoms with E-state index in [1.165, 1.54) is 0 Å². The highest BCUT2D eigenvalue weighted by molar-refractivity contribution is 5.95. The van der Waals surface area contributed by atoms with E-state index in [4.69, 9.17) is 19.2 Å². The van der Waals surface area contributed by atoms with Gasteiger partial charge < -0.3 is 35.8 Å². The van der Waals surface area contributed by atoms with Crippen LogP contribution in [0, 0.1) is 0 Å². The third kappa shape index (κ3) is 4.31. The summed E-state index contributed by atoms with van der Waals surface area (Å²) in [5.74, 6) is 2.46. The Labute approximate surface area is 197 Å². The number of carbonyl (C=O) groups is 1. The Morgan fingerprint density at radius 1 is 1.00 bits per heavy atom. The molecule has 0 aliphatic heterocycles. The molecule has 32 heavy (non-hydrogen) atoms. The molecule has 0 saturated carbocycles. The van der Waals surface area contributed by atoms with Gasteiger partial charge in [0.25, 0.3) is 0 Å². The summed E-state index contributed by atoms with van der Waals surface area (Å²) in [6.45, 7) is 0.246. The monoisotopic (exact) mass is 497 g/mol. The minimum Gasteiger partial charge on any atom is -1.00 e. The van der Waals surface area contributed by atoms with Gasteiger partial charge in [0.05, 0.1) is 26.8 Å². The zero-order chi connectivity index (χ0) is 22.0. The van der Waals surface area contributed by atoms with E-state index < -0.39 is 0 Å². The van der Waals surface area contributed by atoms with Crippen molar-refractivity contribution in [1.82, 2.24) is 9.55 Å². The highest BCUT2D eigenvalue weighted by Gasteiger charge is 2.20. The Hall–Kier alpha value is -3.39. The highest BCUT2D eigenvalue weighted by Crippen LogP contribution is 2.41. The van der Waals surface area contributed by atoms with Gasteiger partial charge in [-0.2, -0.15) is 4.57 Å². The first-order chi connectivity index (χ1) is 15.0. The van der Waals surface area contributed by atoms with Crippen LogP contribution in [0.2, 0.25) is 0 Å². The number of benzene rings is 2. The van der Waals surface area contributed by atoms with Gasteiger partial charge in [0.1, 0.15) is 5.82 Å². The summed E-state index contributed by atoms with van der Waals surface area (Å²) in [4.78, 5) is 17.4. The van der Waals surface area contributed by atoms with Crippen molar-refractivity contribution >= 4 is 16.8 Å². The van der Waals surface area contributed by atoms with Crippen LogP contribution < -0.4 is 35.8 Å². The van der Waals surface area contributed by atoms with Crippen LogP contribution in [0.25, 0.3) is 22.4 Å². The van der Waals surface area contributed by atoms with Gasteiger partial charge in [-0.25, -0.2) is 4.98 Å². The predicted molar refractivity (Wildman–Crippen MR) is 117 cm³/mol. The number of aromatic nitrogens is 3. The van der Waals surface area contributed by atoms with E-state index >= 15 is 0 Å². The van der Waals surface area contributed by atoms with E-state index in [0.717, 1.165) is 22.4 Å². The van der Waals surface area contributed by atoms with E-state index in [1.54, 1.807) is 21.3 Å². The van der Waals surface area contributed by atoms with Crippen LogP contribution in [0.4, 0.5) is 0 Å². The number of rotatable bonds is 7. The van der Waals surface area contributed by atoms with Crippen LogP contribution in [0.3, 0.4) is 0 Å². The van der Waals surface area contributed by atoms with E-state index in [0.29, 0.717) is 22.8 Å². The molecule has 0 spiro atoms. The molecule has 0 amide bonds. The third-order valence-corrected chi connectivity index (χ3v) is 5.22. The molecule has 0 fully saturated rings. The number of methoxy groups -OCH3 is 3. The van der Waals surface area contributed by atoms with Crippen molar-refractivity contribution in [2.24, 2.45) is 7.05 Å². The molecule has 2 heterocycles. The summed E-state index contributed by atoms with van der Waals surface area (Å²) in [7, 11) is 6.70. The van der Waals surface area contributed by atoms with E-state index in [1.807, 2.05) is 77.1 Å². The Bertz CT molecular complexity index is 1230. The van der Waals surface area contributed by atoms with Gasteiger partial charge in [-0.3, -0.25) is 4.79 Å². The number of imidazole rings is 1. The van der Waals surface area contributed by atoms with E-state index in [2.05, 4.69) is 0 Å². The molecule has 0 bridgehead atoms. The number of ether oxygens (including phenoxy) is 3. The number of hydrogen-bond acceptors (Lipinski definition) is 5. The third-order valence-electron chi connectivity index (χ3n) is 5.22. The Balaban J connectivity index is 0.00000289. The van der Waals surface area contributed by atoms with Crippen molar-refractivity contribution in [3.63, 3.8) is 0 Å². The molecule has 0 aliphatic rings. The molecule has 2 aromatic carbocycles. The van der Waals surface area contributed by atoms with Gasteiger partial charge in [-0.1, -0.05) is 30.3 Å². The second kappa shape index (κ2) is 9.82. The lowest BCUT2D eigenvalue weighted by Crippen LogP contribution is -3.00. The zero-order valence-corrected chi connectivity index (χ0v) is 19.9. The van der Waals surface area contributed by atoms with Crippen molar-refractivity contribution in [3.05, 3.63) is 66.5 Å². The quantitative estimate of drug-likeness (QED) is 0.274. The number of nitrogens with zero attached hydrogens (tertiary/aromatic N) is 3. The summed E-state index contributed by atoms with van der Waals surface area (Å²) in [6, 6.07) is 15.0. The molecule has 0 saturated heterocycles. The molecule has 0 radical (unpaired) electrons. The maximum Gasteiger partial charge on any atom is 0.227 e. The molecule has 0 unspecified atom stereocenters. The molecular formula is C24H24BrN3O4. The van der Waals surface area contributed by atoms with Crippen LogP contribution in [0.1, 0.15) is 10.4 Å². The van der Waals surface area contributed by atoms with Crippen LogP contribution in [0.15, 0.2) is 60.9 Å². The molecular weight excluding hydrogens is 474 g/mol. The Morgan fingerprint density at radius 3 is 2.25 bits per heavy atom. The minimum atomic E-state index is 0. The molecule has 166 valence electrons. The molecule has 4 rings (SSSR count). The molecule has 7 nitrogen and oxygen atoms in total. The van der Waals surface area contributed by atoms with Crippen LogP contribution in [-0.4, -0.2) is 36.7 Å². The number of fused-ring (bicyclic) bond motifs is 1. The molecule has 0 N–H and O–H groups in total. The average molecular weight is 498 g/mol. The number of Topliss-reactive ketones (excluding diaryl/α,β-unsaturated/α-hetero) is 1. The summed E-state index contributed by atoms with van der Waals surface area (Å²) in [6.07, 6.45) is 3.78. The first-order valence-electron chi connectivity index (χ1n) is 9.80. The van der Waals surface area contributed by atoms with E-state index in [9.17, 15) is 4.79 Å². The second-order valence-corrected chi connectivity index (χ2v) is 7.09. The number of aryl methyl sites for hydroxylation is 1. The molecule has 2 aromatic heterocycles. The topological polar surface area (TPSA) is 66.5 Å². The smallest absolute Gasteiger partial charge is 0.227 e. The first-order valence-corrected chi connectivity index (χ1v) is 9.80. The maximum atomic E-state index is 12.6. The summed E-state index contributed by atoms with van der Waals surface area (Å²) in [5.41, 5.74) is 3.26. The lowest BCUT2D eigenvalue weighted by molar-refractivity contribution is -0.681. The second-order valence-electron chi connectivity index (χ2n) is 7.09. The van der Waals surface area contributed by atoms with Gasteiger partial charge >= 0.3 is 0 Å². The van der Waals surface area contributed by atoms with Crippen molar-refractivity contribution in [2.45, 2.75) is 6.54 Å².